The lowest BCUT2D eigenvalue weighted by molar-refractivity contribution is -0.131. The molecule has 7 heteroatoms. The highest BCUT2D eigenvalue weighted by Gasteiger charge is 2.12. The molecule has 1 N–H and O–H groups in total. The fourth-order valence-electron chi connectivity index (χ4n) is 1.07. The maximum absolute atomic E-state index is 12.2. The van der Waals surface area contributed by atoms with Gasteiger partial charge in [0.15, 0.2) is 0 Å². The highest BCUT2D eigenvalue weighted by atomic mass is 79.9. The van der Waals surface area contributed by atoms with Crippen molar-refractivity contribution in [3.8, 4) is 5.75 Å². The van der Waals surface area contributed by atoms with E-state index in [2.05, 4.69) is 36.6 Å². The summed E-state index contributed by atoms with van der Waals surface area (Å²) in [6.07, 6.45) is 2.02. The summed E-state index contributed by atoms with van der Waals surface area (Å²) in [6.45, 7) is -2.98. The number of ether oxygens (including phenoxy) is 1. The van der Waals surface area contributed by atoms with Gasteiger partial charge in [-0.25, -0.2) is 4.79 Å². The zero-order chi connectivity index (χ0) is 13.0. The van der Waals surface area contributed by atoms with Gasteiger partial charge in [0.1, 0.15) is 5.75 Å². The first-order valence-corrected chi connectivity index (χ1v) is 5.83. The SMILES string of the molecule is O=C(O)/C=C/c1c(Br)cc(Br)cc1OC(F)F. The topological polar surface area (TPSA) is 46.5 Å². The van der Waals surface area contributed by atoms with Crippen molar-refractivity contribution in [3.63, 3.8) is 0 Å². The van der Waals surface area contributed by atoms with Crippen LogP contribution in [0.15, 0.2) is 27.2 Å². The van der Waals surface area contributed by atoms with Crippen LogP contribution in [0.1, 0.15) is 5.56 Å². The number of benzene rings is 1. The molecule has 0 fully saturated rings. The van der Waals surface area contributed by atoms with Gasteiger partial charge in [0.2, 0.25) is 0 Å². The van der Waals surface area contributed by atoms with E-state index in [0.717, 1.165) is 6.08 Å². The number of rotatable bonds is 4. The van der Waals surface area contributed by atoms with Gasteiger partial charge in [-0.05, 0) is 34.1 Å². The Morgan fingerprint density at radius 2 is 2.06 bits per heavy atom. The largest absolute Gasteiger partial charge is 0.478 e. The third-order valence-electron chi connectivity index (χ3n) is 1.66. The van der Waals surface area contributed by atoms with Crippen molar-refractivity contribution in [3.05, 3.63) is 32.7 Å². The number of carbonyl (C=O) groups is 1. The summed E-state index contributed by atoms with van der Waals surface area (Å²) in [7, 11) is 0. The summed E-state index contributed by atoms with van der Waals surface area (Å²) < 4.78 is 29.6. The molecule has 0 heterocycles. The molecule has 0 aliphatic heterocycles. The Morgan fingerprint density at radius 1 is 1.41 bits per heavy atom. The Hall–Kier alpha value is -0.950. The molecule has 1 rings (SSSR count). The van der Waals surface area contributed by atoms with Crippen molar-refractivity contribution >= 4 is 43.9 Å². The molecule has 3 nitrogen and oxygen atoms in total. The lowest BCUT2D eigenvalue weighted by Gasteiger charge is -2.10. The number of hydrogen-bond donors (Lipinski definition) is 1. The first kappa shape index (κ1) is 14.1. The number of halogens is 4. The molecule has 1 aromatic carbocycles. The van der Waals surface area contributed by atoms with Gasteiger partial charge >= 0.3 is 12.6 Å². The molecule has 0 atom stereocenters. The zero-order valence-corrected chi connectivity index (χ0v) is 11.3. The van der Waals surface area contributed by atoms with Crippen LogP contribution in [0.5, 0.6) is 5.75 Å². The standard InChI is InChI=1S/C10H6Br2F2O3/c11-5-3-7(12)6(1-2-9(15)16)8(4-5)17-10(13)14/h1-4,10H,(H,15,16)/b2-1+. The van der Waals surface area contributed by atoms with Crippen LogP contribution in [0.4, 0.5) is 8.78 Å². The second-order valence-corrected chi connectivity index (χ2v) is 4.62. The molecule has 0 aromatic heterocycles. The predicted molar refractivity (Wildman–Crippen MR) is 65.1 cm³/mol. The Balaban J connectivity index is 3.20. The van der Waals surface area contributed by atoms with E-state index in [-0.39, 0.29) is 11.3 Å². The minimum absolute atomic E-state index is 0.112. The van der Waals surface area contributed by atoms with Crippen LogP contribution in [-0.2, 0) is 4.79 Å². The molecule has 0 aliphatic carbocycles. The maximum atomic E-state index is 12.2. The third-order valence-corrected chi connectivity index (χ3v) is 2.78. The van der Waals surface area contributed by atoms with Gasteiger partial charge < -0.3 is 9.84 Å². The molecule has 1 aromatic rings. The van der Waals surface area contributed by atoms with E-state index in [1.165, 1.54) is 12.1 Å². The van der Waals surface area contributed by atoms with Gasteiger partial charge in [-0.1, -0.05) is 15.9 Å². The van der Waals surface area contributed by atoms with E-state index < -0.39 is 12.6 Å². The Labute approximate surface area is 112 Å². The van der Waals surface area contributed by atoms with E-state index in [1.807, 2.05) is 0 Å². The fraction of sp³-hybridized carbons (Fsp3) is 0.100. The van der Waals surface area contributed by atoms with E-state index >= 15 is 0 Å². The summed E-state index contributed by atoms with van der Waals surface area (Å²) >= 11 is 6.26. The molecule has 0 saturated heterocycles. The van der Waals surface area contributed by atoms with Gasteiger partial charge in [0.25, 0.3) is 0 Å². The highest BCUT2D eigenvalue weighted by Crippen LogP contribution is 2.33. The Kier molecular flexibility index (Phi) is 5.07. The second-order valence-electron chi connectivity index (χ2n) is 2.85. The summed E-state index contributed by atoms with van der Waals surface area (Å²) in [5, 5.41) is 8.49. The molecule has 0 spiro atoms. The first-order chi connectivity index (χ1) is 7.90. The smallest absolute Gasteiger partial charge is 0.387 e. The van der Waals surface area contributed by atoms with Gasteiger partial charge in [0, 0.05) is 20.6 Å². The first-order valence-electron chi connectivity index (χ1n) is 4.25. The number of alkyl halides is 2. The average Bonchev–Trinajstić information content (AvgIpc) is 2.14. The molecule has 0 unspecified atom stereocenters. The van der Waals surface area contributed by atoms with Crippen molar-refractivity contribution in [1.82, 2.24) is 0 Å². The van der Waals surface area contributed by atoms with Crippen molar-refractivity contribution in [2.75, 3.05) is 0 Å². The van der Waals surface area contributed by atoms with Crippen LogP contribution < -0.4 is 4.74 Å². The molecule has 0 amide bonds. The summed E-state index contributed by atoms with van der Waals surface area (Å²) in [5.74, 6) is -1.29. The Bertz CT molecular complexity index is 461. The molecule has 0 bridgehead atoms. The predicted octanol–water partition coefficient (Wildman–Crippen LogP) is 3.91. The summed E-state index contributed by atoms with van der Waals surface area (Å²) in [5.41, 5.74) is 0.232. The number of carboxylic acids is 1. The molecular formula is C10H6Br2F2O3. The number of hydrogen-bond acceptors (Lipinski definition) is 2. The highest BCUT2D eigenvalue weighted by molar-refractivity contribution is 9.11. The molecule has 0 saturated carbocycles. The van der Waals surface area contributed by atoms with Crippen molar-refractivity contribution in [1.29, 1.82) is 0 Å². The number of aliphatic carboxylic acids is 1. The van der Waals surface area contributed by atoms with Crippen LogP contribution in [0, 0.1) is 0 Å². The molecule has 0 aliphatic rings. The normalized spacial score (nSPS) is 11.1. The van der Waals surface area contributed by atoms with Crippen molar-refractivity contribution < 1.29 is 23.4 Å². The molecule has 92 valence electrons. The lowest BCUT2D eigenvalue weighted by Crippen LogP contribution is -2.03. The van der Waals surface area contributed by atoms with Crippen LogP contribution >= 0.6 is 31.9 Å². The van der Waals surface area contributed by atoms with Crippen molar-refractivity contribution in [2.45, 2.75) is 6.61 Å². The maximum Gasteiger partial charge on any atom is 0.387 e. The fourth-order valence-corrected chi connectivity index (χ4v) is 2.39. The van der Waals surface area contributed by atoms with Crippen molar-refractivity contribution in [2.24, 2.45) is 0 Å². The molecular weight excluding hydrogens is 366 g/mol. The van der Waals surface area contributed by atoms with E-state index in [4.69, 9.17) is 5.11 Å². The minimum Gasteiger partial charge on any atom is -0.478 e. The monoisotopic (exact) mass is 370 g/mol. The van der Waals surface area contributed by atoms with Gasteiger partial charge in [-0.3, -0.25) is 0 Å². The Morgan fingerprint density at radius 3 is 2.59 bits per heavy atom. The quantitative estimate of drug-likeness (QED) is 0.816. The molecule has 0 radical (unpaired) electrons. The van der Waals surface area contributed by atoms with Gasteiger partial charge in [-0.15, -0.1) is 0 Å². The van der Waals surface area contributed by atoms with Crippen LogP contribution in [-0.4, -0.2) is 17.7 Å². The zero-order valence-electron chi connectivity index (χ0n) is 8.16. The van der Waals surface area contributed by atoms with Crippen LogP contribution in [0.25, 0.3) is 6.08 Å². The van der Waals surface area contributed by atoms with Gasteiger partial charge in [-0.2, -0.15) is 8.78 Å². The van der Waals surface area contributed by atoms with E-state index in [1.54, 1.807) is 6.07 Å². The lowest BCUT2D eigenvalue weighted by atomic mass is 10.2. The van der Waals surface area contributed by atoms with Crippen LogP contribution in [0.3, 0.4) is 0 Å². The third kappa shape index (κ3) is 4.43. The average molecular weight is 372 g/mol. The van der Waals surface area contributed by atoms with E-state index in [9.17, 15) is 13.6 Å². The summed E-state index contributed by atoms with van der Waals surface area (Å²) in [4.78, 5) is 10.4. The number of carboxylic acid groups (broad SMARTS) is 1. The summed E-state index contributed by atoms with van der Waals surface area (Å²) in [6, 6.07) is 2.93. The second kappa shape index (κ2) is 6.11. The van der Waals surface area contributed by atoms with Crippen LogP contribution in [0.2, 0.25) is 0 Å². The van der Waals surface area contributed by atoms with E-state index in [0.29, 0.717) is 8.95 Å². The minimum atomic E-state index is -2.98. The van der Waals surface area contributed by atoms with Gasteiger partial charge in [0.05, 0.1) is 0 Å². The molecule has 17 heavy (non-hydrogen) atoms.